The summed E-state index contributed by atoms with van der Waals surface area (Å²) in [5, 5.41) is 11.5. The maximum atomic E-state index is 5.37. The van der Waals surface area contributed by atoms with Gasteiger partial charge in [-0.15, -0.1) is 10.2 Å². The number of ether oxygens (including phenoxy) is 1. The Balaban J connectivity index is 1.65. The van der Waals surface area contributed by atoms with Crippen LogP contribution in [0.1, 0.15) is 31.5 Å². The second-order valence-corrected chi connectivity index (χ2v) is 4.77. The molecule has 0 bridgehead atoms. The molecule has 0 radical (unpaired) electrons. The van der Waals surface area contributed by atoms with Crippen LogP contribution in [-0.2, 0) is 18.2 Å². The van der Waals surface area contributed by atoms with E-state index in [0.29, 0.717) is 12.1 Å². The molecule has 0 aromatic carbocycles. The van der Waals surface area contributed by atoms with E-state index >= 15 is 0 Å². The molecule has 5 nitrogen and oxygen atoms in total. The third kappa shape index (κ3) is 3.51. The molecule has 1 N–H and O–H groups in total. The molecular weight excluding hydrogens is 216 g/mol. The van der Waals surface area contributed by atoms with Gasteiger partial charge in [0.05, 0.1) is 6.10 Å². The highest BCUT2D eigenvalue weighted by molar-refractivity contribution is 4.86. The van der Waals surface area contributed by atoms with E-state index in [0.717, 1.165) is 18.8 Å². The van der Waals surface area contributed by atoms with Gasteiger partial charge in [-0.3, -0.25) is 0 Å². The van der Waals surface area contributed by atoms with Crippen LogP contribution in [0.25, 0.3) is 0 Å². The number of hydrogen-bond acceptors (Lipinski definition) is 4. The molecule has 17 heavy (non-hydrogen) atoms. The van der Waals surface area contributed by atoms with Crippen LogP contribution in [0.4, 0.5) is 0 Å². The van der Waals surface area contributed by atoms with Crippen LogP contribution >= 0.6 is 0 Å². The number of hydrogen-bond donors (Lipinski definition) is 1. The zero-order chi connectivity index (χ0) is 12.1. The smallest absolute Gasteiger partial charge is 0.133 e. The molecule has 0 atom stereocenters. The fourth-order valence-electron chi connectivity index (χ4n) is 2.42. The van der Waals surface area contributed by atoms with Gasteiger partial charge in [-0.25, -0.2) is 0 Å². The number of methoxy groups -OCH3 is 1. The van der Waals surface area contributed by atoms with E-state index < -0.39 is 0 Å². The maximum absolute atomic E-state index is 5.37. The Morgan fingerprint density at radius 2 is 2.18 bits per heavy atom. The fraction of sp³-hybridized carbons (Fsp3) is 0.833. The summed E-state index contributed by atoms with van der Waals surface area (Å²) in [7, 11) is 3.80. The Labute approximate surface area is 103 Å². The number of rotatable bonds is 5. The zero-order valence-electron chi connectivity index (χ0n) is 10.7. The molecule has 1 aliphatic rings. The molecule has 0 saturated heterocycles. The number of nitrogens with one attached hydrogen (secondary N) is 1. The first-order chi connectivity index (χ1) is 8.29. The summed E-state index contributed by atoms with van der Waals surface area (Å²) in [6.07, 6.45) is 7.97. The monoisotopic (exact) mass is 238 g/mol. The third-order valence-electron chi connectivity index (χ3n) is 3.59. The molecule has 96 valence electrons. The molecule has 1 saturated carbocycles. The summed E-state index contributed by atoms with van der Waals surface area (Å²) in [6.45, 7) is 0.981. The first-order valence-electron chi connectivity index (χ1n) is 6.38. The van der Waals surface area contributed by atoms with E-state index in [4.69, 9.17) is 4.74 Å². The van der Waals surface area contributed by atoms with Crippen molar-refractivity contribution in [1.82, 2.24) is 20.1 Å². The van der Waals surface area contributed by atoms with Crippen molar-refractivity contribution in [3.05, 3.63) is 12.2 Å². The van der Waals surface area contributed by atoms with Crippen molar-refractivity contribution in [3.63, 3.8) is 0 Å². The largest absolute Gasteiger partial charge is 0.381 e. The van der Waals surface area contributed by atoms with Crippen LogP contribution in [-0.4, -0.2) is 40.6 Å². The first-order valence-corrected chi connectivity index (χ1v) is 6.38. The van der Waals surface area contributed by atoms with Crippen molar-refractivity contribution in [1.29, 1.82) is 0 Å². The van der Waals surface area contributed by atoms with Crippen LogP contribution in [0.5, 0.6) is 0 Å². The van der Waals surface area contributed by atoms with Crippen molar-refractivity contribution in [3.8, 4) is 0 Å². The molecule has 5 heteroatoms. The molecule has 1 aromatic heterocycles. The molecule has 1 heterocycles. The summed E-state index contributed by atoms with van der Waals surface area (Å²) in [4.78, 5) is 0. The van der Waals surface area contributed by atoms with Crippen molar-refractivity contribution in [2.45, 2.75) is 44.2 Å². The average Bonchev–Trinajstić information content (AvgIpc) is 2.76. The molecule has 0 amide bonds. The van der Waals surface area contributed by atoms with Gasteiger partial charge >= 0.3 is 0 Å². The van der Waals surface area contributed by atoms with Gasteiger partial charge in [0.15, 0.2) is 0 Å². The lowest BCUT2D eigenvalue weighted by atomic mass is 9.93. The highest BCUT2D eigenvalue weighted by Gasteiger charge is 2.20. The lowest BCUT2D eigenvalue weighted by Gasteiger charge is -2.28. The Morgan fingerprint density at radius 3 is 2.76 bits per heavy atom. The molecular formula is C12H22N4O. The Hall–Kier alpha value is -0.940. The van der Waals surface area contributed by atoms with Crippen LogP contribution in [0.15, 0.2) is 6.33 Å². The minimum atomic E-state index is 0.479. The number of aryl methyl sites for hydroxylation is 1. The van der Waals surface area contributed by atoms with E-state index in [-0.39, 0.29) is 0 Å². The molecule has 0 spiro atoms. The Kier molecular flexibility index (Phi) is 4.50. The van der Waals surface area contributed by atoms with Gasteiger partial charge in [-0.1, -0.05) is 0 Å². The number of aromatic nitrogens is 3. The number of nitrogens with zero attached hydrogens (tertiary/aromatic N) is 3. The summed E-state index contributed by atoms with van der Waals surface area (Å²) in [6, 6.07) is 0.648. The van der Waals surface area contributed by atoms with Gasteiger partial charge in [0.1, 0.15) is 12.2 Å². The van der Waals surface area contributed by atoms with E-state index in [1.165, 1.54) is 25.7 Å². The Bertz CT molecular complexity index is 331. The van der Waals surface area contributed by atoms with Crippen molar-refractivity contribution >= 4 is 0 Å². The van der Waals surface area contributed by atoms with Crippen LogP contribution in [0.2, 0.25) is 0 Å². The SMILES string of the molecule is COC1CCC(NCCc2nncn2C)CC1. The normalized spacial score (nSPS) is 25.1. The summed E-state index contributed by atoms with van der Waals surface area (Å²) >= 11 is 0. The zero-order valence-corrected chi connectivity index (χ0v) is 10.7. The van der Waals surface area contributed by atoms with Gasteiger partial charge in [-0.05, 0) is 25.7 Å². The maximum Gasteiger partial charge on any atom is 0.133 e. The second kappa shape index (κ2) is 6.12. The van der Waals surface area contributed by atoms with E-state index in [1.807, 2.05) is 18.7 Å². The van der Waals surface area contributed by atoms with E-state index in [1.54, 1.807) is 6.33 Å². The van der Waals surface area contributed by atoms with Crippen LogP contribution in [0, 0.1) is 0 Å². The van der Waals surface area contributed by atoms with E-state index in [2.05, 4.69) is 15.5 Å². The predicted octanol–water partition coefficient (Wildman–Crippen LogP) is 0.905. The minimum absolute atomic E-state index is 0.479. The highest BCUT2D eigenvalue weighted by atomic mass is 16.5. The van der Waals surface area contributed by atoms with E-state index in [9.17, 15) is 0 Å². The van der Waals surface area contributed by atoms with Crippen LogP contribution < -0.4 is 5.32 Å². The third-order valence-corrected chi connectivity index (χ3v) is 3.59. The summed E-state index contributed by atoms with van der Waals surface area (Å²) < 4.78 is 7.34. The van der Waals surface area contributed by atoms with Gasteiger partial charge in [0, 0.05) is 33.2 Å². The van der Waals surface area contributed by atoms with Gasteiger partial charge in [-0.2, -0.15) is 0 Å². The molecule has 0 aliphatic heterocycles. The lowest BCUT2D eigenvalue weighted by Crippen LogP contribution is -2.36. The first kappa shape index (κ1) is 12.5. The van der Waals surface area contributed by atoms with Crippen molar-refractivity contribution in [2.24, 2.45) is 7.05 Å². The minimum Gasteiger partial charge on any atom is -0.381 e. The molecule has 1 fully saturated rings. The fourth-order valence-corrected chi connectivity index (χ4v) is 2.42. The summed E-state index contributed by atoms with van der Waals surface area (Å²) in [5.74, 6) is 1.04. The van der Waals surface area contributed by atoms with Gasteiger partial charge < -0.3 is 14.6 Å². The molecule has 2 rings (SSSR count). The summed E-state index contributed by atoms with van der Waals surface area (Å²) in [5.41, 5.74) is 0. The van der Waals surface area contributed by atoms with Crippen LogP contribution in [0.3, 0.4) is 0 Å². The van der Waals surface area contributed by atoms with Gasteiger partial charge in [0.2, 0.25) is 0 Å². The predicted molar refractivity (Wildman–Crippen MR) is 65.8 cm³/mol. The lowest BCUT2D eigenvalue weighted by molar-refractivity contribution is 0.0626. The van der Waals surface area contributed by atoms with Crippen molar-refractivity contribution < 1.29 is 4.74 Å². The average molecular weight is 238 g/mol. The highest BCUT2D eigenvalue weighted by Crippen LogP contribution is 2.20. The molecule has 1 aromatic rings. The molecule has 1 aliphatic carbocycles. The molecule has 0 unspecified atom stereocenters. The quantitative estimate of drug-likeness (QED) is 0.828. The Morgan fingerprint density at radius 1 is 1.41 bits per heavy atom. The van der Waals surface area contributed by atoms with Crippen molar-refractivity contribution in [2.75, 3.05) is 13.7 Å². The van der Waals surface area contributed by atoms with Gasteiger partial charge in [0.25, 0.3) is 0 Å². The topological polar surface area (TPSA) is 52.0 Å². The second-order valence-electron chi connectivity index (χ2n) is 4.77. The standard InChI is InChI=1S/C12H22N4O/c1-16-9-14-15-12(16)7-8-13-10-3-5-11(17-2)6-4-10/h9-11,13H,3-8H2,1-2H3.